The summed E-state index contributed by atoms with van der Waals surface area (Å²) in [6, 6.07) is 11.2. The Labute approximate surface area is 197 Å². The van der Waals surface area contributed by atoms with Crippen LogP contribution >= 0.6 is 0 Å². The number of aromatic nitrogens is 2. The predicted octanol–water partition coefficient (Wildman–Crippen LogP) is 5.06. The second-order valence-corrected chi connectivity index (χ2v) is 15.8. The van der Waals surface area contributed by atoms with E-state index in [-0.39, 0.29) is 0 Å². The fourth-order valence-electron chi connectivity index (χ4n) is 3.80. The van der Waals surface area contributed by atoms with Crippen molar-refractivity contribution in [1.82, 2.24) is 9.55 Å². The van der Waals surface area contributed by atoms with Crippen LogP contribution in [0.4, 0.5) is 0 Å². The van der Waals surface area contributed by atoms with Crippen molar-refractivity contribution in [3.8, 4) is 16.9 Å². The topological polar surface area (TPSA) is 54.7 Å². The maximum atomic E-state index is 6.09. The Morgan fingerprint density at radius 2 is 1.94 bits per heavy atom. The Balaban J connectivity index is 1.73. The van der Waals surface area contributed by atoms with Crippen molar-refractivity contribution in [3.63, 3.8) is 0 Å². The third-order valence-electron chi connectivity index (χ3n) is 5.95. The molecular formula is C25H33BN2O4Si. The summed E-state index contributed by atoms with van der Waals surface area (Å²) >= 11 is 0. The Morgan fingerprint density at radius 1 is 1.18 bits per heavy atom. The lowest BCUT2D eigenvalue weighted by atomic mass is 9.80. The van der Waals surface area contributed by atoms with E-state index in [1.807, 2.05) is 38.2 Å². The molecule has 174 valence electrons. The maximum Gasteiger partial charge on any atom is 0.564 e. The molecular weight excluding hydrogens is 431 g/mol. The van der Waals surface area contributed by atoms with Crippen LogP contribution in [-0.2, 0) is 20.8 Å². The van der Waals surface area contributed by atoms with E-state index in [0.29, 0.717) is 12.5 Å². The van der Waals surface area contributed by atoms with Crippen LogP contribution in [-0.4, -0.2) is 44.1 Å². The van der Waals surface area contributed by atoms with Gasteiger partial charge in [0.05, 0.1) is 12.9 Å². The average Bonchev–Trinajstić information content (AvgIpc) is 3.26. The Kier molecular flexibility index (Phi) is 6.44. The fourth-order valence-corrected chi connectivity index (χ4v) is 4.56. The minimum Gasteiger partial charge on any atom is -0.534 e. The van der Waals surface area contributed by atoms with Crippen LogP contribution in [0.25, 0.3) is 22.2 Å². The number of para-hydroxylation sites is 1. The Hall–Kier alpha value is -2.55. The van der Waals surface area contributed by atoms with Gasteiger partial charge in [0.25, 0.3) is 0 Å². The maximum absolute atomic E-state index is 6.09. The molecule has 3 heterocycles. The molecule has 1 fully saturated rings. The molecule has 1 aromatic carbocycles. The lowest BCUT2D eigenvalue weighted by molar-refractivity contribution is 0.0899. The number of nitrogens with zero attached hydrogens (tertiary/aromatic N) is 2. The van der Waals surface area contributed by atoms with E-state index in [1.54, 1.807) is 7.11 Å². The van der Waals surface area contributed by atoms with Gasteiger partial charge in [-0.15, -0.1) is 0 Å². The first-order chi connectivity index (χ1) is 15.6. The van der Waals surface area contributed by atoms with Crippen LogP contribution in [0.3, 0.4) is 0 Å². The van der Waals surface area contributed by atoms with E-state index in [1.165, 1.54) is 0 Å². The summed E-state index contributed by atoms with van der Waals surface area (Å²) in [4.78, 5) is 4.79. The first-order valence-electron chi connectivity index (χ1n) is 11.3. The SMILES string of the molecule is C=C1OB(c2cnc3c(c2)c(-c2ccccc2OC)cn3COCC[Si](C)(C)C)OC1(C)C. The zero-order valence-corrected chi connectivity index (χ0v) is 21.5. The molecule has 1 saturated heterocycles. The summed E-state index contributed by atoms with van der Waals surface area (Å²) in [5.74, 6) is 1.43. The molecule has 1 aliphatic rings. The number of hydrogen-bond acceptors (Lipinski definition) is 5. The van der Waals surface area contributed by atoms with Gasteiger partial charge in [0.1, 0.15) is 23.7 Å². The summed E-state index contributed by atoms with van der Waals surface area (Å²) < 4.78 is 25.8. The normalized spacial score (nSPS) is 15.8. The van der Waals surface area contributed by atoms with Crippen molar-refractivity contribution in [2.75, 3.05) is 13.7 Å². The number of fused-ring (bicyclic) bond motifs is 1. The van der Waals surface area contributed by atoms with Gasteiger partial charge in [-0.05, 0) is 32.0 Å². The van der Waals surface area contributed by atoms with Crippen LogP contribution in [0.2, 0.25) is 25.7 Å². The highest BCUT2D eigenvalue weighted by molar-refractivity contribution is 6.76. The van der Waals surface area contributed by atoms with Crippen molar-refractivity contribution < 1.29 is 18.8 Å². The van der Waals surface area contributed by atoms with Gasteiger partial charge in [-0.3, -0.25) is 0 Å². The average molecular weight is 464 g/mol. The molecule has 2 aromatic heterocycles. The third kappa shape index (κ3) is 5.03. The molecule has 0 unspecified atom stereocenters. The molecule has 0 spiro atoms. The highest BCUT2D eigenvalue weighted by atomic mass is 28.3. The molecule has 0 atom stereocenters. The van der Waals surface area contributed by atoms with Gasteiger partial charge < -0.3 is 23.3 Å². The van der Waals surface area contributed by atoms with Crippen molar-refractivity contribution in [3.05, 3.63) is 55.1 Å². The van der Waals surface area contributed by atoms with Gasteiger partial charge in [-0.1, -0.05) is 44.4 Å². The van der Waals surface area contributed by atoms with Gasteiger partial charge in [0.2, 0.25) is 0 Å². The highest BCUT2D eigenvalue weighted by Gasteiger charge is 2.43. The number of pyridine rings is 1. The molecule has 6 nitrogen and oxygen atoms in total. The monoisotopic (exact) mass is 464 g/mol. The second-order valence-electron chi connectivity index (χ2n) is 10.2. The smallest absolute Gasteiger partial charge is 0.534 e. The molecule has 8 heteroatoms. The van der Waals surface area contributed by atoms with Gasteiger partial charge >= 0.3 is 7.12 Å². The molecule has 0 N–H and O–H groups in total. The quantitative estimate of drug-likeness (QED) is 0.345. The summed E-state index contributed by atoms with van der Waals surface area (Å²) in [6.07, 6.45) is 3.90. The molecule has 4 rings (SSSR count). The van der Waals surface area contributed by atoms with Crippen molar-refractivity contribution >= 4 is 31.7 Å². The van der Waals surface area contributed by atoms with Gasteiger partial charge in [-0.2, -0.15) is 0 Å². The second kappa shape index (κ2) is 9.01. The predicted molar refractivity (Wildman–Crippen MR) is 137 cm³/mol. The number of ether oxygens (including phenoxy) is 2. The molecule has 1 aliphatic heterocycles. The minimum atomic E-state index is -1.15. The molecule has 0 amide bonds. The standard InChI is InChI=1S/C25H33BN2O4Si/c1-18-25(2,3)32-26(31-18)19-14-21-22(20-10-8-9-11-23(20)29-4)16-28(24(21)27-15-19)17-30-12-13-33(5,6)7/h8-11,14-16H,1,12-13,17H2,2-7H3. The zero-order valence-electron chi connectivity index (χ0n) is 20.5. The zero-order chi connectivity index (χ0) is 23.8. The molecule has 3 aromatic rings. The third-order valence-corrected chi connectivity index (χ3v) is 7.66. The number of rotatable bonds is 8. The van der Waals surface area contributed by atoms with Crippen molar-refractivity contribution in [2.24, 2.45) is 0 Å². The van der Waals surface area contributed by atoms with E-state index >= 15 is 0 Å². The number of methoxy groups -OCH3 is 1. The van der Waals surface area contributed by atoms with Crippen LogP contribution in [0.15, 0.2) is 55.1 Å². The number of benzene rings is 1. The van der Waals surface area contributed by atoms with Crippen LogP contribution in [0, 0.1) is 0 Å². The summed E-state index contributed by atoms with van der Waals surface area (Å²) in [5, 5.41) is 0.994. The lowest BCUT2D eigenvalue weighted by Gasteiger charge is -2.15. The van der Waals surface area contributed by atoms with Crippen molar-refractivity contribution in [1.29, 1.82) is 0 Å². The van der Waals surface area contributed by atoms with E-state index in [4.69, 9.17) is 23.8 Å². The molecule has 0 aliphatic carbocycles. The summed E-state index contributed by atoms with van der Waals surface area (Å²) in [5.41, 5.74) is 3.19. The van der Waals surface area contributed by atoms with Crippen LogP contribution in [0.1, 0.15) is 13.8 Å². The van der Waals surface area contributed by atoms with Crippen molar-refractivity contribution in [2.45, 2.75) is 51.9 Å². The summed E-state index contributed by atoms with van der Waals surface area (Å²) in [6.45, 7) is 16.2. The first-order valence-corrected chi connectivity index (χ1v) is 15.0. The first kappa shape index (κ1) is 23.6. The highest BCUT2D eigenvalue weighted by Crippen LogP contribution is 2.36. The minimum absolute atomic E-state index is 0.447. The number of hydrogen-bond donors (Lipinski definition) is 0. The molecule has 0 bridgehead atoms. The van der Waals surface area contributed by atoms with Gasteiger partial charge in [0, 0.05) is 49.1 Å². The molecule has 33 heavy (non-hydrogen) atoms. The van der Waals surface area contributed by atoms with Gasteiger partial charge in [0.15, 0.2) is 0 Å². The summed E-state index contributed by atoms with van der Waals surface area (Å²) in [7, 11) is 0.00336. The van der Waals surface area contributed by atoms with E-state index in [9.17, 15) is 0 Å². The Bertz CT molecular complexity index is 1170. The molecule has 0 radical (unpaired) electrons. The fraction of sp³-hybridized carbons (Fsp3) is 0.400. The van der Waals surface area contributed by atoms with Crippen LogP contribution in [0.5, 0.6) is 5.75 Å². The van der Waals surface area contributed by atoms with Crippen LogP contribution < -0.4 is 10.2 Å². The van der Waals surface area contributed by atoms with E-state index in [2.05, 4.69) is 49.1 Å². The molecule has 0 saturated carbocycles. The van der Waals surface area contributed by atoms with E-state index in [0.717, 1.165) is 46.0 Å². The largest absolute Gasteiger partial charge is 0.564 e. The Morgan fingerprint density at radius 3 is 2.61 bits per heavy atom. The van der Waals surface area contributed by atoms with E-state index < -0.39 is 20.8 Å². The van der Waals surface area contributed by atoms with Gasteiger partial charge in [-0.25, -0.2) is 4.98 Å². The lowest BCUT2D eigenvalue weighted by Crippen LogP contribution is -2.34.